The molecule has 4 aromatic rings. The van der Waals surface area contributed by atoms with E-state index >= 15 is 0 Å². The fourth-order valence-corrected chi connectivity index (χ4v) is 4.01. The average Bonchev–Trinajstić information content (AvgIpc) is 3.20. The van der Waals surface area contributed by atoms with Crippen LogP contribution < -0.4 is 10.1 Å². The summed E-state index contributed by atoms with van der Waals surface area (Å²) < 4.78 is 12.1. The van der Waals surface area contributed by atoms with E-state index < -0.39 is 5.97 Å². The molecule has 0 aliphatic carbocycles. The average molecular weight is 459 g/mol. The zero-order chi connectivity index (χ0) is 24.2. The third kappa shape index (κ3) is 4.47. The van der Waals surface area contributed by atoms with E-state index in [0.717, 1.165) is 33.5 Å². The number of hydrogen-bond acceptors (Lipinski definition) is 6. The molecule has 8 nitrogen and oxygen atoms in total. The number of aryl methyl sites for hydroxylation is 2. The van der Waals surface area contributed by atoms with Gasteiger partial charge in [-0.25, -0.2) is 9.48 Å². The Kier molecular flexibility index (Phi) is 6.58. The molecule has 34 heavy (non-hydrogen) atoms. The van der Waals surface area contributed by atoms with Crippen LogP contribution in [0.15, 0.2) is 54.6 Å². The van der Waals surface area contributed by atoms with Gasteiger partial charge in [0.05, 0.1) is 31.2 Å². The highest BCUT2D eigenvalue weighted by Crippen LogP contribution is 2.31. The lowest BCUT2D eigenvalue weighted by Gasteiger charge is -2.13. The van der Waals surface area contributed by atoms with Crippen molar-refractivity contribution in [1.29, 1.82) is 0 Å². The number of carbonyl (C=O) groups is 2. The lowest BCUT2D eigenvalue weighted by molar-refractivity contribution is -0.116. The lowest BCUT2D eigenvalue weighted by atomic mass is 10.0. The first-order chi connectivity index (χ1) is 16.4. The molecule has 0 saturated carbocycles. The van der Waals surface area contributed by atoms with E-state index in [0.29, 0.717) is 23.6 Å². The number of hydrogen-bond donors (Lipinski definition) is 1. The van der Waals surface area contributed by atoms with Crippen molar-refractivity contribution < 1.29 is 19.1 Å². The predicted molar refractivity (Wildman–Crippen MR) is 130 cm³/mol. The van der Waals surface area contributed by atoms with Crippen molar-refractivity contribution in [2.45, 2.75) is 26.7 Å². The first kappa shape index (κ1) is 23.0. The second-order valence-electron chi connectivity index (χ2n) is 7.87. The van der Waals surface area contributed by atoms with Crippen LogP contribution in [0.3, 0.4) is 0 Å². The Labute approximate surface area is 197 Å². The standard InChI is InChI=1S/C26H26N4O4/c1-16-21(14-15-22(31)27-19-12-10-18(11-13-19)26(32)34-4)25(33-3)28-24-23(16)17(2)29-30(24)20-8-6-5-7-9-20/h5-13H,14-15H2,1-4H3,(H,27,31). The molecule has 0 bridgehead atoms. The van der Waals surface area contributed by atoms with Crippen LogP contribution in [0.25, 0.3) is 16.7 Å². The molecule has 0 atom stereocenters. The third-order valence-corrected chi connectivity index (χ3v) is 5.72. The van der Waals surface area contributed by atoms with Crippen LogP contribution in [0.4, 0.5) is 5.69 Å². The monoisotopic (exact) mass is 458 g/mol. The smallest absolute Gasteiger partial charge is 0.337 e. The molecule has 0 saturated heterocycles. The van der Waals surface area contributed by atoms with Crippen molar-refractivity contribution in [3.8, 4) is 11.6 Å². The van der Waals surface area contributed by atoms with E-state index in [2.05, 4.69) is 5.32 Å². The molecule has 0 fully saturated rings. The summed E-state index contributed by atoms with van der Waals surface area (Å²) in [5.41, 5.74) is 5.40. The van der Waals surface area contributed by atoms with Gasteiger partial charge in [0.15, 0.2) is 5.65 Å². The van der Waals surface area contributed by atoms with Crippen molar-refractivity contribution in [1.82, 2.24) is 14.8 Å². The zero-order valence-electron chi connectivity index (χ0n) is 19.6. The Bertz CT molecular complexity index is 1350. The molecule has 2 aromatic carbocycles. The molecule has 0 aliphatic rings. The SMILES string of the molecule is COC(=O)c1ccc(NC(=O)CCc2c(OC)nc3c(c(C)nn3-c3ccccc3)c2C)cc1. The number of benzene rings is 2. The van der Waals surface area contributed by atoms with Gasteiger partial charge in [-0.3, -0.25) is 4.79 Å². The van der Waals surface area contributed by atoms with Gasteiger partial charge in [0.25, 0.3) is 0 Å². The Morgan fingerprint density at radius 1 is 1.00 bits per heavy atom. The van der Waals surface area contributed by atoms with Crippen LogP contribution in [0.5, 0.6) is 5.88 Å². The van der Waals surface area contributed by atoms with Gasteiger partial charge >= 0.3 is 5.97 Å². The summed E-state index contributed by atoms with van der Waals surface area (Å²) in [5, 5.41) is 8.52. The number of fused-ring (bicyclic) bond motifs is 1. The maximum absolute atomic E-state index is 12.6. The number of methoxy groups -OCH3 is 2. The van der Waals surface area contributed by atoms with Crippen LogP contribution in [-0.4, -0.2) is 40.9 Å². The summed E-state index contributed by atoms with van der Waals surface area (Å²) in [7, 11) is 2.91. The van der Waals surface area contributed by atoms with Crippen LogP contribution in [-0.2, 0) is 16.0 Å². The van der Waals surface area contributed by atoms with Gasteiger partial charge in [-0.1, -0.05) is 18.2 Å². The molecule has 8 heteroatoms. The Morgan fingerprint density at radius 3 is 2.35 bits per heavy atom. The Morgan fingerprint density at radius 2 is 1.71 bits per heavy atom. The molecule has 2 heterocycles. The van der Waals surface area contributed by atoms with E-state index in [1.165, 1.54) is 7.11 Å². The summed E-state index contributed by atoms with van der Waals surface area (Å²) >= 11 is 0. The highest BCUT2D eigenvalue weighted by atomic mass is 16.5. The number of ether oxygens (including phenoxy) is 2. The molecule has 4 rings (SSSR count). The van der Waals surface area contributed by atoms with Gasteiger partial charge in [0, 0.05) is 23.1 Å². The number of nitrogens with zero attached hydrogens (tertiary/aromatic N) is 3. The highest BCUT2D eigenvalue weighted by Gasteiger charge is 2.20. The molecule has 1 amide bonds. The number of para-hydroxylation sites is 1. The van der Waals surface area contributed by atoms with E-state index in [-0.39, 0.29) is 12.3 Å². The number of aromatic nitrogens is 3. The maximum atomic E-state index is 12.6. The quantitative estimate of drug-likeness (QED) is 0.413. The predicted octanol–water partition coefficient (Wildman–Crippen LogP) is 4.40. The van der Waals surface area contributed by atoms with Crippen LogP contribution in [0.2, 0.25) is 0 Å². The number of nitrogens with one attached hydrogen (secondary N) is 1. The number of anilines is 1. The number of rotatable bonds is 7. The summed E-state index contributed by atoms with van der Waals surface area (Å²) in [6.07, 6.45) is 0.703. The lowest BCUT2D eigenvalue weighted by Crippen LogP contribution is -2.13. The molecule has 0 aliphatic heterocycles. The van der Waals surface area contributed by atoms with Crippen molar-refractivity contribution in [3.63, 3.8) is 0 Å². The molecule has 1 N–H and O–H groups in total. The van der Waals surface area contributed by atoms with Crippen molar-refractivity contribution in [2.24, 2.45) is 0 Å². The third-order valence-electron chi connectivity index (χ3n) is 5.72. The zero-order valence-corrected chi connectivity index (χ0v) is 19.6. The summed E-state index contributed by atoms with van der Waals surface area (Å²) in [4.78, 5) is 28.9. The number of esters is 1. The largest absolute Gasteiger partial charge is 0.481 e. The Hall–Kier alpha value is -4.20. The van der Waals surface area contributed by atoms with Crippen molar-refractivity contribution in [2.75, 3.05) is 19.5 Å². The second kappa shape index (κ2) is 9.74. The van der Waals surface area contributed by atoms with Gasteiger partial charge in [0.2, 0.25) is 11.8 Å². The fourth-order valence-electron chi connectivity index (χ4n) is 4.01. The summed E-state index contributed by atoms with van der Waals surface area (Å²) in [5.74, 6) is -0.0874. The number of pyridine rings is 1. The van der Waals surface area contributed by atoms with Gasteiger partial charge in [-0.2, -0.15) is 10.1 Å². The van der Waals surface area contributed by atoms with Crippen LogP contribution in [0, 0.1) is 13.8 Å². The second-order valence-corrected chi connectivity index (χ2v) is 7.87. The van der Waals surface area contributed by atoms with Crippen LogP contribution >= 0.6 is 0 Å². The minimum atomic E-state index is -0.422. The van der Waals surface area contributed by atoms with Crippen molar-refractivity contribution in [3.05, 3.63) is 77.0 Å². The summed E-state index contributed by atoms with van der Waals surface area (Å²) in [6.45, 7) is 3.97. The molecular formula is C26H26N4O4. The molecule has 0 unspecified atom stereocenters. The molecule has 0 spiro atoms. The van der Waals surface area contributed by atoms with Gasteiger partial charge in [0.1, 0.15) is 0 Å². The van der Waals surface area contributed by atoms with Gasteiger partial charge in [-0.15, -0.1) is 0 Å². The normalized spacial score (nSPS) is 10.8. The van der Waals surface area contributed by atoms with E-state index in [1.54, 1.807) is 31.4 Å². The minimum Gasteiger partial charge on any atom is -0.481 e. The Balaban J connectivity index is 1.56. The number of amides is 1. The van der Waals surface area contributed by atoms with E-state index in [1.807, 2.05) is 48.9 Å². The topological polar surface area (TPSA) is 95.3 Å². The van der Waals surface area contributed by atoms with Crippen molar-refractivity contribution >= 4 is 28.6 Å². The van der Waals surface area contributed by atoms with Gasteiger partial charge in [-0.05, 0) is 62.2 Å². The highest BCUT2D eigenvalue weighted by molar-refractivity contribution is 5.93. The van der Waals surface area contributed by atoms with E-state index in [4.69, 9.17) is 19.6 Å². The molecule has 174 valence electrons. The van der Waals surface area contributed by atoms with E-state index in [9.17, 15) is 9.59 Å². The minimum absolute atomic E-state index is 0.149. The molecular weight excluding hydrogens is 432 g/mol. The van der Waals surface area contributed by atoms with Crippen LogP contribution in [0.1, 0.15) is 33.6 Å². The first-order valence-electron chi connectivity index (χ1n) is 10.9. The summed E-state index contributed by atoms with van der Waals surface area (Å²) in [6, 6.07) is 16.4. The first-order valence-corrected chi connectivity index (χ1v) is 10.9. The maximum Gasteiger partial charge on any atom is 0.337 e. The molecule has 0 radical (unpaired) electrons. The van der Waals surface area contributed by atoms with Gasteiger partial charge < -0.3 is 14.8 Å². The molecule has 2 aromatic heterocycles. The number of carbonyl (C=O) groups excluding carboxylic acids is 2. The fraction of sp³-hybridized carbons (Fsp3) is 0.231.